The first-order valence-corrected chi connectivity index (χ1v) is 14.0. The highest BCUT2D eigenvalue weighted by molar-refractivity contribution is 5.85. The predicted molar refractivity (Wildman–Crippen MR) is 155 cm³/mol. The molecule has 2 amide bonds. The first kappa shape index (κ1) is 29.9. The minimum atomic E-state index is -4.43. The van der Waals surface area contributed by atoms with Crippen LogP contribution in [0.4, 0.5) is 13.2 Å². The van der Waals surface area contributed by atoms with Crippen LogP contribution in [0.25, 0.3) is 10.9 Å². The number of hydrogen-bond donors (Lipinski definition) is 1. The topological polar surface area (TPSA) is 56.4 Å². The van der Waals surface area contributed by atoms with Gasteiger partial charge in [-0.2, -0.15) is 13.2 Å². The number of unbranched alkanes of at least 4 members (excludes halogenated alkanes) is 1. The van der Waals surface area contributed by atoms with Crippen molar-refractivity contribution in [3.8, 4) is 0 Å². The van der Waals surface area contributed by atoms with E-state index in [-0.39, 0.29) is 24.9 Å². The van der Waals surface area contributed by atoms with Crippen molar-refractivity contribution in [1.29, 1.82) is 0 Å². The van der Waals surface area contributed by atoms with Crippen molar-refractivity contribution >= 4 is 22.7 Å². The molecular formula is C33H36F3N3O2. The summed E-state index contributed by atoms with van der Waals surface area (Å²) in [4.78, 5) is 33.4. The normalized spacial score (nSPS) is 11.5. The Bertz CT molecular complexity index is 1420. The van der Waals surface area contributed by atoms with Gasteiger partial charge in [0.2, 0.25) is 11.8 Å². The van der Waals surface area contributed by atoms with Gasteiger partial charge >= 0.3 is 6.18 Å². The highest BCUT2D eigenvalue weighted by Crippen LogP contribution is 2.29. The molecule has 1 N–H and O–H groups in total. The van der Waals surface area contributed by atoms with Gasteiger partial charge in [-0.25, -0.2) is 0 Å². The Kier molecular flexibility index (Phi) is 10.2. The molecule has 1 heterocycles. The van der Waals surface area contributed by atoms with Gasteiger partial charge in [-0.15, -0.1) is 0 Å². The predicted octanol–water partition coefficient (Wildman–Crippen LogP) is 7.02. The summed E-state index contributed by atoms with van der Waals surface area (Å²) >= 11 is 0. The van der Waals surface area contributed by atoms with E-state index in [0.29, 0.717) is 37.9 Å². The van der Waals surface area contributed by atoms with E-state index in [1.165, 1.54) is 12.1 Å². The minimum Gasteiger partial charge on any atom is -0.361 e. The van der Waals surface area contributed by atoms with Crippen LogP contribution >= 0.6 is 0 Å². The van der Waals surface area contributed by atoms with Gasteiger partial charge < -0.3 is 14.8 Å². The first-order chi connectivity index (χ1) is 19.7. The standard InChI is InChI=1S/C33H36F3N3O2/c1-2-3-20-38(31(40)18-15-25-9-5-4-6-10-25)24-32(41)39(23-26-13-16-28(17-14-26)33(34,35)36)21-19-27-22-37-30-12-8-7-11-29(27)30/h4-14,16-17,22,37H,2-3,15,18-21,23-24H2,1H3. The summed E-state index contributed by atoms with van der Waals surface area (Å²) in [5.74, 6) is -0.310. The van der Waals surface area contributed by atoms with Crippen molar-refractivity contribution in [1.82, 2.24) is 14.8 Å². The number of carbonyl (C=O) groups is 2. The number of alkyl halides is 3. The van der Waals surface area contributed by atoms with Crippen molar-refractivity contribution in [3.05, 3.63) is 107 Å². The van der Waals surface area contributed by atoms with Crippen LogP contribution in [-0.2, 0) is 35.2 Å². The smallest absolute Gasteiger partial charge is 0.361 e. The summed E-state index contributed by atoms with van der Waals surface area (Å²) < 4.78 is 39.3. The third-order valence-corrected chi connectivity index (χ3v) is 7.26. The van der Waals surface area contributed by atoms with Gasteiger partial charge in [0.25, 0.3) is 0 Å². The number of fused-ring (bicyclic) bond motifs is 1. The Hall–Kier alpha value is -4.07. The molecule has 0 atom stereocenters. The molecule has 5 nitrogen and oxygen atoms in total. The summed E-state index contributed by atoms with van der Waals surface area (Å²) in [5, 5.41) is 1.06. The molecule has 41 heavy (non-hydrogen) atoms. The zero-order valence-electron chi connectivity index (χ0n) is 23.3. The molecule has 0 saturated heterocycles. The Morgan fingerprint density at radius 3 is 2.20 bits per heavy atom. The molecule has 0 saturated carbocycles. The number of rotatable bonds is 13. The summed E-state index contributed by atoms with van der Waals surface area (Å²) in [6.45, 7) is 2.96. The van der Waals surface area contributed by atoms with Crippen LogP contribution in [0.1, 0.15) is 48.4 Å². The molecule has 216 valence electrons. The van der Waals surface area contributed by atoms with E-state index in [0.717, 1.165) is 47.0 Å². The number of benzene rings is 3. The molecular weight excluding hydrogens is 527 g/mol. The average Bonchev–Trinajstić information content (AvgIpc) is 3.39. The molecule has 0 radical (unpaired) electrons. The monoisotopic (exact) mass is 563 g/mol. The van der Waals surface area contributed by atoms with E-state index in [1.807, 2.05) is 67.7 Å². The molecule has 0 spiro atoms. The zero-order chi connectivity index (χ0) is 29.2. The second-order valence-electron chi connectivity index (χ2n) is 10.3. The molecule has 8 heteroatoms. The van der Waals surface area contributed by atoms with Gasteiger partial charge in [0, 0.05) is 43.2 Å². The Morgan fingerprint density at radius 2 is 1.49 bits per heavy atom. The molecule has 0 bridgehead atoms. The Balaban J connectivity index is 1.50. The number of nitrogens with one attached hydrogen (secondary N) is 1. The number of H-pyrrole nitrogens is 1. The van der Waals surface area contributed by atoms with Gasteiger partial charge in [-0.1, -0.05) is 74.0 Å². The lowest BCUT2D eigenvalue weighted by Crippen LogP contribution is -2.43. The fourth-order valence-corrected chi connectivity index (χ4v) is 4.86. The SMILES string of the molecule is CCCCN(CC(=O)N(CCc1c[nH]c2ccccc12)Cc1ccc(C(F)(F)F)cc1)C(=O)CCc1ccccc1. The van der Waals surface area contributed by atoms with Crippen LogP contribution in [0.5, 0.6) is 0 Å². The maximum Gasteiger partial charge on any atom is 0.416 e. The van der Waals surface area contributed by atoms with Gasteiger partial charge in [-0.3, -0.25) is 9.59 Å². The number of carbonyl (C=O) groups excluding carboxylic acids is 2. The zero-order valence-corrected chi connectivity index (χ0v) is 23.3. The van der Waals surface area contributed by atoms with Gasteiger partial charge in [0.05, 0.1) is 12.1 Å². The van der Waals surface area contributed by atoms with Crippen molar-refractivity contribution in [2.45, 2.75) is 51.7 Å². The van der Waals surface area contributed by atoms with Crippen molar-refractivity contribution in [2.24, 2.45) is 0 Å². The van der Waals surface area contributed by atoms with E-state index in [4.69, 9.17) is 0 Å². The van der Waals surface area contributed by atoms with E-state index >= 15 is 0 Å². The molecule has 1 aromatic heterocycles. The number of para-hydroxylation sites is 1. The van der Waals surface area contributed by atoms with Crippen LogP contribution in [-0.4, -0.2) is 46.2 Å². The number of hydrogen-bond acceptors (Lipinski definition) is 2. The van der Waals surface area contributed by atoms with E-state index in [2.05, 4.69) is 4.98 Å². The lowest BCUT2D eigenvalue weighted by atomic mass is 10.1. The second-order valence-corrected chi connectivity index (χ2v) is 10.3. The van der Waals surface area contributed by atoms with E-state index < -0.39 is 11.7 Å². The van der Waals surface area contributed by atoms with Crippen LogP contribution in [0, 0.1) is 0 Å². The first-order valence-electron chi connectivity index (χ1n) is 14.0. The van der Waals surface area contributed by atoms with Crippen LogP contribution in [0.3, 0.4) is 0 Å². The molecule has 0 unspecified atom stereocenters. The summed E-state index contributed by atoms with van der Waals surface area (Å²) in [6.07, 6.45) is 0.606. The Labute approximate surface area is 239 Å². The lowest BCUT2D eigenvalue weighted by Gasteiger charge is -2.28. The van der Waals surface area contributed by atoms with E-state index in [1.54, 1.807) is 9.80 Å². The maximum absolute atomic E-state index is 13.7. The number of aromatic amines is 1. The number of aromatic nitrogens is 1. The van der Waals surface area contributed by atoms with Gasteiger partial charge in [-0.05, 0) is 54.2 Å². The highest BCUT2D eigenvalue weighted by Gasteiger charge is 2.30. The third kappa shape index (κ3) is 8.46. The minimum absolute atomic E-state index is 0.0673. The summed E-state index contributed by atoms with van der Waals surface area (Å²) in [6, 6.07) is 22.6. The molecule has 0 aliphatic heterocycles. The molecule has 4 aromatic rings. The summed E-state index contributed by atoms with van der Waals surface area (Å²) in [5.41, 5.74) is 2.98. The number of nitrogens with zero attached hydrogens (tertiary/aromatic N) is 2. The second kappa shape index (κ2) is 14.0. The summed E-state index contributed by atoms with van der Waals surface area (Å²) in [7, 11) is 0. The van der Waals surface area contributed by atoms with Crippen molar-refractivity contribution in [2.75, 3.05) is 19.6 Å². The Morgan fingerprint density at radius 1 is 0.780 bits per heavy atom. The molecule has 0 fully saturated rings. The van der Waals surface area contributed by atoms with Crippen LogP contribution < -0.4 is 0 Å². The third-order valence-electron chi connectivity index (χ3n) is 7.26. The largest absolute Gasteiger partial charge is 0.416 e. The molecule has 3 aromatic carbocycles. The van der Waals surface area contributed by atoms with Gasteiger partial charge in [0.15, 0.2) is 0 Å². The quantitative estimate of drug-likeness (QED) is 0.190. The van der Waals surface area contributed by atoms with E-state index in [9.17, 15) is 22.8 Å². The van der Waals surface area contributed by atoms with Gasteiger partial charge in [0.1, 0.15) is 0 Å². The average molecular weight is 564 g/mol. The number of aryl methyl sites for hydroxylation is 1. The fourth-order valence-electron chi connectivity index (χ4n) is 4.86. The molecule has 0 aliphatic carbocycles. The maximum atomic E-state index is 13.7. The number of halogens is 3. The lowest BCUT2D eigenvalue weighted by molar-refractivity contribution is -0.141. The van der Waals surface area contributed by atoms with Crippen LogP contribution in [0.15, 0.2) is 85.1 Å². The molecule has 4 rings (SSSR count). The number of amides is 2. The highest BCUT2D eigenvalue weighted by atomic mass is 19.4. The fraction of sp³-hybridized carbons (Fsp3) is 0.333. The van der Waals surface area contributed by atoms with Crippen molar-refractivity contribution in [3.63, 3.8) is 0 Å². The van der Waals surface area contributed by atoms with Crippen LogP contribution in [0.2, 0.25) is 0 Å². The molecule has 0 aliphatic rings. The van der Waals surface area contributed by atoms with Crippen molar-refractivity contribution < 1.29 is 22.8 Å².